The molecule has 0 unspecified atom stereocenters. The van der Waals surface area contributed by atoms with Crippen LogP contribution in [0.4, 0.5) is 0 Å². The third-order valence-corrected chi connectivity index (χ3v) is 4.76. The van der Waals surface area contributed by atoms with Crippen molar-refractivity contribution in [1.29, 1.82) is 0 Å². The van der Waals surface area contributed by atoms with Crippen LogP contribution in [0.3, 0.4) is 0 Å². The number of carbonyl (C=O) groups excluding carboxylic acids is 1. The van der Waals surface area contributed by atoms with Crippen LogP contribution in [-0.2, 0) is 0 Å². The first-order valence-corrected chi connectivity index (χ1v) is 8.22. The Kier molecular flexibility index (Phi) is 3.60. The molecule has 0 saturated carbocycles. The zero-order chi connectivity index (χ0) is 16.5. The maximum atomic E-state index is 12.0. The molecular weight excluding hydrogens is 322 g/mol. The van der Waals surface area contributed by atoms with Crippen molar-refractivity contribution >= 4 is 27.3 Å². The van der Waals surface area contributed by atoms with Crippen LogP contribution in [0.1, 0.15) is 10.5 Å². The maximum Gasteiger partial charge on any atom is 0.293 e. The molecule has 0 atom stereocenters. The second-order valence-electron chi connectivity index (χ2n) is 5.25. The van der Waals surface area contributed by atoms with Crippen molar-refractivity contribution < 1.29 is 10.0 Å². The minimum atomic E-state index is -0.601. The van der Waals surface area contributed by atoms with E-state index in [9.17, 15) is 4.79 Å². The Morgan fingerprint density at radius 3 is 2.71 bits per heavy atom. The van der Waals surface area contributed by atoms with E-state index in [2.05, 4.69) is 11.2 Å². The number of benzene rings is 2. The van der Waals surface area contributed by atoms with Crippen molar-refractivity contribution in [2.75, 3.05) is 0 Å². The van der Waals surface area contributed by atoms with Gasteiger partial charge in [0.1, 0.15) is 5.69 Å². The second kappa shape index (κ2) is 5.92. The monoisotopic (exact) mass is 335 g/mol. The molecule has 4 aromatic rings. The Morgan fingerprint density at radius 2 is 1.92 bits per heavy atom. The first-order valence-electron chi connectivity index (χ1n) is 7.34. The van der Waals surface area contributed by atoms with Crippen molar-refractivity contribution in [2.24, 2.45) is 0 Å². The standard InChI is InChI=1S/C18H13N3O2S/c22-18(20-23)16-11-15(19-21(16)13-6-2-1-3-7-13)14-8-4-5-12-9-10-24-17(12)14/h1-11,23H,(H,20,22). The van der Waals surface area contributed by atoms with Gasteiger partial charge in [-0.25, -0.2) is 10.2 Å². The highest BCUT2D eigenvalue weighted by atomic mass is 32.1. The van der Waals surface area contributed by atoms with Crippen LogP contribution in [0.15, 0.2) is 66.0 Å². The van der Waals surface area contributed by atoms with Gasteiger partial charge in [0.25, 0.3) is 5.91 Å². The van der Waals surface area contributed by atoms with Crippen LogP contribution < -0.4 is 5.48 Å². The highest BCUT2D eigenvalue weighted by molar-refractivity contribution is 7.17. The molecule has 0 radical (unpaired) electrons. The summed E-state index contributed by atoms with van der Waals surface area (Å²) in [5, 5.41) is 16.8. The second-order valence-corrected chi connectivity index (χ2v) is 6.16. The average Bonchev–Trinajstić information content (AvgIpc) is 3.28. The largest absolute Gasteiger partial charge is 0.293 e. The predicted molar refractivity (Wildman–Crippen MR) is 93.6 cm³/mol. The van der Waals surface area contributed by atoms with Gasteiger partial charge in [-0.3, -0.25) is 10.0 Å². The minimum Gasteiger partial charge on any atom is -0.288 e. The third-order valence-electron chi connectivity index (χ3n) is 3.80. The van der Waals surface area contributed by atoms with Gasteiger partial charge in [-0.1, -0.05) is 36.4 Å². The number of fused-ring (bicyclic) bond motifs is 1. The molecule has 118 valence electrons. The van der Waals surface area contributed by atoms with Gasteiger partial charge in [0.2, 0.25) is 0 Å². The lowest BCUT2D eigenvalue weighted by Crippen LogP contribution is -2.22. The molecule has 5 nitrogen and oxygen atoms in total. The Hall–Kier alpha value is -2.96. The molecule has 0 aliphatic rings. The lowest BCUT2D eigenvalue weighted by Gasteiger charge is -2.05. The van der Waals surface area contributed by atoms with Crippen LogP contribution in [0.5, 0.6) is 0 Å². The van der Waals surface area contributed by atoms with Crippen LogP contribution in [0.2, 0.25) is 0 Å². The first kappa shape index (κ1) is 14.6. The Bertz CT molecular complexity index is 1020. The van der Waals surface area contributed by atoms with E-state index in [1.165, 1.54) is 4.68 Å². The predicted octanol–water partition coefficient (Wildman–Crippen LogP) is 3.87. The Balaban J connectivity index is 1.93. The number of amides is 1. The summed E-state index contributed by atoms with van der Waals surface area (Å²) >= 11 is 1.63. The number of nitrogens with zero attached hydrogens (tertiary/aromatic N) is 2. The Morgan fingerprint density at radius 1 is 1.08 bits per heavy atom. The fourth-order valence-corrected chi connectivity index (χ4v) is 3.61. The van der Waals surface area contributed by atoms with E-state index in [0.717, 1.165) is 21.3 Å². The normalized spacial score (nSPS) is 10.9. The molecular formula is C18H13N3O2S. The van der Waals surface area contributed by atoms with Gasteiger partial charge in [0.15, 0.2) is 0 Å². The number of hydrogen-bond acceptors (Lipinski definition) is 4. The molecule has 0 bridgehead atoms. The van der Waals surface area contributed by atoms with Crippen LogP contribution >= 0.6 is 11.3 Å². The highest BCUT2D eigenvalue weighted by Crippen LogP contribution is 2.32. The van der Waals surface area contributed by atoms with E-state index in [1.54, 1.807) is 22.9 Å². The molecule has 0 fully saturated rings. The van der Waals surface area contributed by atoms with E-state index in [4.69, 9.17) is 5.21 Å². The summed E-state index contributed by atoms with van der Waals surface area (Å²) in [6.45, 7) is 0. The lowest BCUT2D eigenvalue weighted by atomic mass is 10.1. The fraction of sp³-hybridized carbons (Fsp3) is 0. The summed E-state index contributed by atoms with van der Waals surface area (Å²) in [6.07, 6.45) is 0. The first-order chi connectivity index (χ1) is 11.8. The van der Waals surface area contributed by atoms with Gasteiger partial charge in [0.05, 0.1) is 11.4 Å². The maximum absolute atomic E-state index is 12.0. The molecule has 2 aromatic carbocycles. The number of aromatic nitrogens is 2. The van der Waals surface area contributed by atoms with Crippen molar-refractivity contribution in [1.82, 2.24) is 15.3 Å². The topological polar surface area (TPSA) is 67.2 Å². The van der Waals surface area contributed by atoms with Crippen LogP contribution in [0, 0.1) is 0 Å². The van der Waals surface area contributed by atoms with Crippen LogP contribution in [0.25, 0.3) is 27.0 Å². The summed E-state index contributed by atoms with van der Waals surface area (Å²) in [7, 11) is 0. The summed E-state index contributed by atoms with van der Waals surface area (Å²) in [5.41, 5.74) is 4.36. The van der Waals surface area contributed by atoms with E-state index in [0.29, 0.717) is 5.69 Å². The van der Waals surface area contributed by atoms with E-state index in [1.807, 2.05) is 53.9 Å². The molecule has 0 spiro atoms. The zero-order valence-electron chi connectivity index (χ0n) is 12.5. The van der Waals surface area contributed by atoms with Crippen molar-refractivity contribution in [3.63, 3.8) is 0 Å². The highest BCUT2D eigenvalue weighted by Gasteiger charge is 2.18. The van der Waals surface area contributed by atoms with Crippen LogP contribution in [-0.4, -0.2) is 20.9 Å². The van der Waals surface area contributed by atoms with Crippen molar-refractivity contribution in [3.05, 3.63) is 71.7 Å². The molecule has 6 heteroatoms. The number of para-hydroxylation sites is 1. The Labute approximate surface area is 141 Å². The number of carbonyl (C=O) groups is 1. The molecule has 4 rings (SSSR count). The van der Waals surface area contributed by atoms with Gasteiger partial charge in [-0.15, -0.1) is 11.3 Å². The van der Waals surface area contributed by atoms with E-state index >= 15 is 0 Å². The molecule has 24 heavy (non-hydrogen) atoms. The van der Waals surface area contributed by atoms with Gasteiger partial charge in [-0.05, 0) is 35.0 Å². The summed E-state index contributed by atoms with van der Waals surface area (Å²) in [5.74, 6) is -0.601. The smallest absolute Gasteiger partial charge is 0.288 e. The lowest BCUT2D eigenvalue weighted by molar-refractivity contribution is 0.0697. The number of thiophene rings is 1. The zero-order valence-corrected chi connectivity index (χ0v) is 13.3. The van der Waals surface area contributed by atoms with Gasteiger partial charge in [0, 0.05) is 10.3 Å². The van der Waals surface area contributed by atoms with Crippen molar-refractivity contribution in [2.45, 2.75) is 0 Å². The number of rotatable bonds is 3. The third kappa shape index (κ3) is 2.38. The van der Waals surface area contributed by atoms with Gasteiger partial charge >= 0.3 is 0 Å². The fourth-order valence-electron chi connectivity index (χ4n) is 2.69. The van der Waals surface area contributed by atoms with Gasteiger partial charge in [-0.2, -0.15) is 5.10 Å². The number of hydrogen-bond donors (Lipinski definition) is 2. The van der Waals surface area contributed by atoms with E-state index < -0.39 is 5.91 Å². The van der Waals surface area contributed by atoms with Gasteiger partial charge < -0.3 is 0 Å². The number of nitrogens with one attached hydrogen (secondary N) is 1. The molecule has 2 heterocycles. The molecule has 2 N–H and O–H groups in total. The quantitative estimate of drug-likeness (QED) is 0.441. The van der Waals surface area contributed by atoms with E-state index in [-0.39, 0.29) is 5.69 Å². The molecule has 2 aromatic heterocycles. The molecule has 0 aliphatic carbocycles. The summed E-state index contributed by atoms with van der Waals surface area (Å²) < 4.78 is 2.65. The molecule has 1 amide bonds. The SMILES string of the molecule is O=C(NO)c1cc(-c2cccc3ccsc23)nn1-c1ccccc1. The minimum absolute atomic E-state index is 0.271. The summed E-state index contributed by atoms with van der Waals surface area (Å²) in [6, 6.07) is 19.1. The average molecular weight is 335 g/mol. The molecule has 0 saturated heterocycles. The molecule has 0 aliphatic heterocycles. The van der Waals surface area contributed by atoms with Crippen molar-refractivity contribution in [3.8, 4) is 16.9 Å². The summed E-state index contributed by atoms with van der Waals surface area (Å²) in [4.78, 5) is 12.0. The number of hydroxylamine groups is 1.